The second-order valence-electron chi connectivity index (χ2n) is 6.01. The van der Waals surface area contributed by atoms with E-state index in [0.29, 0.717) is 11.4 Å². The summed E-state index contributed by atoms with van der Waals surface area (Å²) < 4.78 is 18.3. The summed E-state index contributed by atoms with van der Waals surface area (Å²) in [5.74, 6) is -0.653. The molecule has 0 spiro atoms. The van der Waals surface area contributed by atoms with Gasteiger partial charge in [-0.3, -0.25) is 9.59 Å². The summed E-state index contributed by atoms with van der Waals surface area (Å²) in [5, 5.41) is 5.03. The van der Waals surface area contributed by atoms with Crippen LogP contribution in [0.3, 0.4) is 0 Å². The maximum atomic E-state index is 12.8. The molecule has 5 nitrogen and oxygen atoms in total. The first-order chi connectivity index (χ1) is 13.6. The molecule has 6 heteroatoms. The van der Waals surface area contributed by atoms with Crippen LogP contribution in [-0.2, 0) is 9.59 Å². The first-order valence-corrected chi connectivity index (χ1v) is 8.70. The molecule has 0 unspecified atom stereocenters. The molecule has 0 aromatic heterocycles. The van der Waals surface area contributed by atoms with Gasteiger partial charge in [-0.1, -0.05) is 42.5 Å². The Hall–Kier alpha value is -3.67. The van der Waals surface area contributed by atoms with Gasteiger partial charge in [0.2, 0.25) is 5.91 Å². The van der Waals surface area contributed by atoms with Crippen LogP contribution in [0.2, 0.25) is 0 Å². The molecular formula is C22H19FN2O3. The van der Waals surface area contributed by atoms with Gasteiger partial charge >= 0.3 is 0 Å². The van der Waals surface area contributed by atoms with Crippen molar-refractivity contribution in [3.05, 3.63) is 84.7 Å². The number of halogens is 1. The lowest BCUT2D eigenvalue weighted by Gasteiger charge is -2.09. The molecule has 0 heterocycles. The van der Waals surface area contributed by atoms with Crippen molar-refractivity contribution in [2.75, 3.05) is 18.5 Å². The molecule has 2 amide bonds. The van der Waals surface area contributed by atoms with E-state index in [1.54, 1.807) is 12.1 Å². The number of ether oxygens (including phenoxy) is 1. The molecule has 142 valence electrons. The monoisotopic (exact) mass is 378 g/mol. The molecule has 3 rings (SSSR count). The SMILES string of the molecule is O=C(COc1ccc(-c2ccccc2)cc1)NCC(=O)Nc1ccc(F)cc1. The first kappa shape index (κ1) is 19.1. The highest BCUT2D eigenvalue weighted by Crippen LogP contribution is 2.21. The van der Waals surface area contributed by atoms with Gasteiger partial charge in [-0.25, -0.2) is 4.39 Å². The highest BCUT2D eigenvalue weighted by molar-refractivity contribution is 5.94. The molecule has 0 saturated heterocycles. The fourth-order valence-electron chi connectivity index (χ4n) is 2.49. The third-order valence-electron chi connectivity index (χ3n) is 3.91. The van der Waals surface area contributed by atoms with E-state index in [9.17, 15) is 14.0 Å². The van der Waals surface area contributed by atoms with Gasteiger partial charge in [0.15, 0.2) is 6.61 Å². The van der Waals surface area contributed by atoms with Crippen LogP contribution in [0.4, 0.5) is 10.1 Å². The van der Waals surface area contributed by atoms with Gasteiger partial charge in [-0.2, -0.15) is 0 Å². The number of hydrogen-bond acceptors (Lipinski definition) is 3. The van der Waals surface area contributed by atoms with Crippen molar-refractivity contribution in [2.45, 2.75) is 0 Å². The van der Waals surface area contributed by atoms with E-state index in [0.717, 1.165) is 11.1 Å². The van der Waals surface area contributed by atoms with Crippen molar-refractivity contribution in [3.63, 3.8) is 0 Å². The molecular weight excluding hydrogens is 359 g/mol. The number of rotatable bonds is 7. The minimum absolute atomic E-state index is 0.200. The van der Waals surface area contributed by atoms with Crippen LogP contribution in [0, 0.1) is 5.82 Å². The fraction of sp³-hybridized carbons (Fsp3) is 0.0909. The van der Waals surface area contributed by atoms with Crippen LogP contribution in [0.15, 0.2) is 78.9 Å². The number of benzene rings is 3. The summed E-state index contributed by atoms with van der Waals surface area (Å²) in [6.07, 6.45) is 0. The number of anilines is 1. The van der Waals surface area contributed by atoms with E-state index in [2.05, 4.69) is 10.6 Å². The Bertz CT molecular complexity index is 926. The molecule has 0 aliphatic heterocycles. The van der Waals surface area contributed by atoms with Gasteiger partial charge in [0.25, 0.3) is 5.91 Å². The summed E-state index contributed by atoms with van der Waals surface area (Å²) in [4.78, 5) is 23.6. The third kappa shape index (κ3) is 5.67. The van der Waals surface area contributed by atoms with E-state index in [1.807, 2.05) is 42.5 Å². The van der Waals surface area contributed by atoms with Crippen molar-refractivity contribution in [1.82, 2.24) is 5.32 Å². The lowest BCUT2D eigenvalue weighted by Crippen LogP contribution is -2.35. The van der Waals surface area contributed by atoms with E-state index in [1.165, 1.54) is 24.3 Å². The summed E-state index contributed by atoms with van der Waals surface area (Å²) >= 11 is 0. The highest BCUT2D eigenvalue weighted by Gasteiger charge is 2.07. The molecule has 0 fully saturated rings. The molecule has 0 atom stereocenters. The average Bonchev–Trinajstić information content (AvgIpc) is 2.73. The predicted octanol–water partition coefficient (Wildman–Crippen LogP) is 3.63. The quantitative estimate of drug-likeness (QED) is 0.660. The summed E-state index contributed by atoms with van der Waals surface area (Å²) in [6.45, 7) is -0.402. The Morgan fingerprint density at radius 1 is 0.786 bits per heavy atom. The number of carbonyl (C=O) groups is 2. The molecule has 2 N–H and O–H groups in total. The van der Waals surface area contributed by atoms with Gasteiger partial charge in [0.05, 0.1) is 6.54 Å². The summed E-state index contributed by atoms with van der Waals surface area (Å²) in [6, 6.07) is 22.7. The standard InChI is InChI=1S/C22H19FN2O3/c23-18-8-10-19(11-9-18)25-21(26)14-24-22(27)15-28-20-12-6-17(7-13-20)16-4-2-1-3-5-16/h1-13H,14-15H2,(H,24,27)(H,25,26). The normalized spacial score (nSPS) is 10.2. The van der Waals surface area contributed by atoms with Crippen molar-refractivity contribution < 1.29 is 18.7 Å². The third-order valence-corrected chi connectivity index (χ3v) is 3.91. The molecule has 0 saturated carbocycles. The zero-order chi connectivity index (χ0) is 19.8. The minimum atomic E-state index is -0.415. The van der Waals surface area contributed by atoms with Crippen LogP contribution in [0.1, 0.15) is 0 Å². The van der Waals surface area contributed by atoms with Gasteiger partial charge < -0.3 is 15.4 Å². The van der Waals surface area contributed by atoms with E-state index in [-0.39, 0.29) is 19.0 Å². The highest BCUT2D eigenvalue weighted by atomic mass is 19.1. The summed E-state index contributed by atoms with van der Waals surface area (Å²) in [5.41, 5.74) is 2.60. The Morgan fingerprint density at radius 2 is 1.43 bits per heavy atom. The fourth-order valence-corrected chi connectivity index (χ4v) is 2.49. The van der Waals surface area contributed by atoms with Crippen LogP contribution >= 0.6 is 0 Å². The average molecular weight is 378 g/mol. The Morgan fingerprint density at radius 3 is 2.11 bits per heavy atom. The molecule has 0 aliphatic rings. The zero-order valence-corrected chi connectivity index (χ0v) is 15.0. The minimum Gasteiger partial charge on any atom is -0.484 e. The van der Waals surface area contributed by atoms with Crippen molar-refractivity contribution in [1.29, 1.82) is 0 Å². The number of carbonyl (C=O) groups excluding carboxylic acids is 2. The molecule has 0 radical (unpaired) electrons. The van der Waals surface area contributed by atoms with Gasteiger partial charge in [-0.15, -0.1) is 0 Å². The van der Waals surface area contributed by atoms with Crippen LogP contribution in [0.5, 0.6) is 5.75 Å². The van der Waals surface area contributed by atoms with E-state index < -0.39 is 11.8 Å². The van der Waals surface area contributed by atoms with Gasteiger partial charge in [-0.05, 0) is 47.5 Å². The van der Waals surface area contributed by atoms with Crippen molar-refractivity contribution in [3.8, 4) is 16.9 Å². The van der Waals surface area contributed by atoms with Crippen molar-refractivity contribution >= 4 is 17.5 Å². The molecule has 3 aromatic rings. The Labute approximate surface area is 162 Å². The van der Waals surface area contributed by atoms with Crippen LogP contribution in [-0.4, -0.2) is 25.0 Å². The smallest absolute Gasteiger partial charge is 0.258 e. The zero-order valence-electron chi connectivity index (χ0n) is 15.0. The number of hydrogen-bond donors (Lipinski definition) is 2. The van der Waals surface area contributed by atoms with E-state index >= 15 is 0 Å². The van der Waals surface area contributed by atoms with Gasteiger partial charge in [0.1, 0.15) is 11.6 Å². The molecule has 28 heavy (non-hydrogen) atoms. The first-order valence-electron chi connectivity index (χ1n) is 8.70. The van der Waals surface area contributed by atoms with Crippen LogP contribution < -0.4 is 15.4 Å². The second-order valence-corrected chi connectivity index (χ2v) is 6.01. The lowest BCUT2D eigenvalue weighted by atomic mass is 10.1. The summed E-state index contributed by atoms with van der Waals surface area (Å²) in [7, 11) is 0. The number of nitrogens with one attached hydrogen (secondary N) is 2. The van der Waals surface area contributed by atoms with Crippen molar-refractivity contribution in [2.24, 2.45) is 0 Å². The molecule has 0 bridgehead atoms. The maximum absolute atomic E-state index is 12.8. The largest absolute Gasteiger partial charge is 0.484 e. The predicted molar refractivity (Wildman–Crippen MR) is 105 cm³/mol. The van der Waals surface area contributed by atoms with E-state index in [4.69, 9.17) is 4.74 Å². The van der Waals surface area contributed by atoms with Crippen LogP contribution in [0.25, 0.3) is 11.1 Å². The topological polar surface area (TPSA) is 67.4 Å². The van der Waals surface area contributed by atoms with Gasteiger partial charge in [0, 0.05) is 5.69 Å². The molecule has 3 aromatic carbocycles. The Balaban J connectivity index is 1.41. The number of amides is 2. The lowest BCUT2D eigenvalue weighted by molar-refractivity contribution is -0.125. The maximum Gasteiger partial charge on any atom is 0.258 e. The Kier molecular flexibility index (Phi) is 6.36. The second kappa shape index (κ2) is 9.32. The molecule has 0 aliphatic carbocycles.